The van der Waals surface area contributed by atoms with Crippen LogP contribution < -0.4 is 21.3 Å². The van der Waals surface area contributed by atoms with Crippen LogP contribution in [0.2, 0.25) is 0 Å². The lowest BCUT2D eigenvalue weighted by molar-refractivity contribution is -0.126. The second kappa shape index (κ2) is 10.4. The molecule has 1 fully saturated rings. The summed E-state index contributed by atoms with van der Waals surface area (Å²) < 4.78 is 0. The standard InChI is InChI=1S/C19H29N5O3/c1-3-11-21-18(26)22-15-7-9-16(10-8-15)23-19(27)24-12-5-6-14(13-24)17(25)20-4-2/h7-10,14H,3-6,11-13H2,1-2H3,(H,20,25)(H,23,27)(H2,21,22,26)/t14-/m0/s1. The quantitative estimate of drug-likeness (QED) is 0.614. The minimum Gasteiger partial charge on any atom is -0.356 e. The van der Waals surface area contributed by atoms with Gasteiger partial charge >= 0.3 is 12.1 Å². The van der Waals surface area contributed by atoms with Crippen molar-refractivity contribution < 1.29 is 14.4 Å². The molecule has 1 saturated heterocycles. The van der Waals surface area contributed by atoms with Crippen LogP contribution in [0.4, 0.5) is 21.0 Å². The summed E-state index contributed by atoms with van der Waals surface area (Å²) in [5, 5.41) is 11.1. The second-order valence-corrected chi connectivity index (χ2v) is 6.57. The molecule has 4 N–H and O–H groups in total. The summed E-state index contributed by atoms with van der Waals surface area (Å²) in [5.41, 5.74) is 1.29. The molecule has 1 aromatic rings. The van der Waals surface area contributed by atoms with Gasteiger partial charge < -0.3 is 26.2 Å². The third-order valence-corrected chi connectivity index (χ3v) is 4.36. The molecule has 27 heavy (non-hydrogen) atoms. The van der Waals surface area contributed by atoms with E-state index in [1.807, 2.05) is 13.8 Å². The van der Waals surface area contributed by atoms with Gasteiger partial charge in [-0.2, -0.15) is 0 Å². The van der Waals surface area contributed by atoms with Crippen molar-refractivity contribution in [2.75, 3.05) is 36.8 Å². The molecular formula is C19H29N5O3. The van der Waals surface area contributed by atoms with Crippen LogP contribution in [0.25, 0.3) is 0 Å². The van der Waals surface area contributed by atoms with E-state index in [4.69, 9.17) is 0 Å². The molecule has 1 aliphatic rings. The molecule has 0 bridgehead atoms. The highest BCUT2D eigenvalue weighted by atomic mass is 16.2. The third kappa shape index (κ3) is 6.47. The Morgan fingerprint density at radius 3 is 2.33 bits per heavy atom. The summed E-state index contributed by atoms with van der Waals surface area (Å²) in [5.74, 6) is -0.149. The zero-order chi connectivity index (χ0) is 19.6. The molecule has 1 heterocycles. The van der Waals surface area contributed by atoms with Crippen molar-refractivity contribution in [3.8, 4) is 0 Å². The molecule has 0 radical (unpaired) electrons. The molecule has 1 atom stereocenters. The fourth-order valence-electron chi connectivity index (χ4n) is 2.95. The number of piperidine rings is 1. The van der Waals surface area contributed by atoms with Crippen molar-refractivity contribution in [3.63, 3.8) is 0 Å². The smallest absolute Gasteiger partial charge is 0.321 e. The third-order valence-electron chi connectivity index (χ3n) is 4.36. The van der Waals surface area contributed by atoms with Crippen LogP contribution in [0, 0.1) is 5.92 Å². The summed E-state index contributed by atoms with van der Waals surface area (Å²) in [4.78, 5) is 37.8. The number of urea groups is 2. The first kappa shape index (κ1) is 20.5. The number of hydrogen-bond acceptors (Lipinski definition) is 3. The summed E-state index contributed by atoms with van der Waals surface area (Å²) in [6, 6.07) is 6.46. The highest BCUT2D eigenvalue weighted by Gasteiger charge is 2.28. The van der Waals surface area contributed by atoms with Gasteiger partial charge in [0, 0.05) is 37.6 Å². The number of hydrogen-bond donors (Lipinski definition) is 4. The molecule has 0 spiro atoms. The fourth-order valence-corrected chi connectivity index (χ4v) is 2.95. The van der Waals surface area contributed by atoms with Crippen molar-refractivity contribution in [1.29, 1.82) is 0 Å². The van der Waals surface area contributed by atoms with Crippen LogP contribution in [0.3, 0.4) is 0 Å². The van der Waals surface area contributed by atoms with Gasteiger partial charge in [0.05, 0.1) is 5.92 Å². The zero-order valence-electron chi connectivity index (χ0n) is 16.0. The lowest BCUT2D eigenvalue weighted by Gasteiger charge is -2.32. The largest absolute Gasteiger partial charge is 0.356 e. The number of likely N-dealkylation sites (tertiary alicyclic amines) is 1. The van der Waals surface area contributed by atoms with Crippen molar-refractivity contribution in [2.24, 2.45) is 5.92 Å². The SMILES string of the molecule is CCCNC(=O)Nc1ccc(NC(=O)N2CCC[C@H](C(=O)NCC)C2)cc1. The van der Waals surface area contributed by atoms with E-state index in [1.165, 1.54) is 0 Å². The summed E-state index contributed by atoms with van der Waals surface area (Å²) in [7, 11) is 0. The first-order valence-electron chi connectivity index (χ1n) is 9.52. The first-order chi connectivity index (χ1) is 13.0. The summed E-state index contributed by atoms with van der Waals surface area (Å²) >= 11 is 0. The van der Waals surface area contributed by atoms with Crippen LogP contribution in [-0.4, -0.2) is 49.0 Å². The van der Waals surface area contributed by atoms with Crippen LogP contribution in [0.1, 0.15) is 33.1 Å². The first-order valence-corrected chi connectivity index (χ1v) is 9.52. The Balaban J connectivity index is 1.86. The highest BCUT2D eigenvalue weighted by Crippen LogP contribution is 2.19. The molecule has 0 aliphatic carbocycles. The van der Waals surface area contributed by atoms with Gasteiger partial charge in [-0.15, -0.1) is 0 Å². The lowest BCUT2D eigenvalue weighted by Crippen LogP contribution is -2.46. The van der Waals surface area contributed by atoms with Gasteiger partial charge in [-0.25, -0.2) is 9.59 Å². The normalized spacial score (nSPS) is 16.4. The van der Waals surface area contributed by atoms with Crippen LogP contribution >= 0.6 is 0 Å². The predicted octanol–water partition coefficient (Wildman–Crippen LogP) is 2.60. The number of carbonyl (C=O) groups is 3. The number of carbonyl (C=O) groups excluding carboxylic acids is 3. The molecule has 1 aromatic carbocycles. The Morgan fingerprint density at radius 1 is 1.04 bits per heavy atom. The molecule has 0 unspecified atom stereocenters. The van der Waals surface area contributed by atoms with E-state index >= 15 is 0 Å². The molecule has 8 nitrogen and oxygen atoms in total. The molecule has 2 rings (SSSR count). The van der Waals surface area contributed by atoms with Crippen molar-refractivity contribution in [3.05, 3.63) is 24.3 Å². The Morgan fingerprint density at radius 2 is 1.70 bits per heavy atom. The number of anilines is 2. The van der Waals surface area contributed by atoms with Crippen LogP contribution in [0.15, 0.2) is 24.3 Å². The molecule has 5 amide bonds. The molecular weight excluding hydrogens is 346 g/mol. The van der Waals surface area contributed by atoms with Crippen molar-refractivity contribution in [1.82, 2.24) is 15.5 Å². The summed E-state index contributed by atoms with van der Waals surface area (Å²) in [6.07, 6.45) is 2.48. The van der Waals surface area contributed by atoms with Gasteiger partial charge in [0.1, 0.15) is 0 Å². The Hall–Kier alpha value is -2.77. The van der Waals surface area contributed by atoms with Gasteiger partial charge in [-0.05, 0) is 50.5 Å². The van der Waals surface area contributed by atoms with E-state index in [9.17, 15) is 14.4 Å². The van der Waals surface area contributed by atoms with Gasteiger partial charge in [-0.3, -0.25) is 4.79 Å². The number of nitrogens with zero attached hydrogens (tertiary/aromatic N) is 1. The maximum Gasteiger partial charge on any atom is 0.321 e. The molecule has 0 aromatic heterocycles. The monoisotopic (exact) mass is 375 g/mol. The van der Waals surface area contributed by atoms with E-state index in [1.54, 1.807) is 29.2 Å². The van der Waals surface area contributed by atoms with Crippen LogP contribution in [0.5, 0.6) is 0 Å². The number of amides is 5. The minimum absolute atomic E-state index is 0.00627. The Bertz CT molecular complexity index is 647. The second-order valence-electron chi connectivity index (χ2n) is 6.57. The molecule has 1 aliphatic heterocycles. The van der Waals surface area contributed by atoms with Gasteiger partial charge in [0.25, 0.3) is 0 Å². The van der Waals surface area contributed by atoms with E-state index in [0.29, 0.717) is 37.6 Å². The number of benzene rings is 1. The average Bonchev–Trinajstić information content (AvgIpc) is 2.68. The van der Waals surface area contributed by atoms with E-state index in [0.717, 1.165) is 19.3 Å². The predicted molar refractivity (Wildman–Crippen MR) is 106 cm³/mol. The van der Waals surface area contributed by atoms with Gasteiger partial charge in [0.15, 0.2) is 0 Å². The number of nitrogens with one attached hydrogen (secondary N) is 4. The van der Waals surface area contributed by atoms with Gasteiger partial charge in [0.2, 0.25) is 5.91 Å². The molecule has 0 saturated carbocycles. The maximum atomic E-state index is 12.5. The van der Waals surface area contributed by atoms with E-state index in [-0.39, 0.29) is 23.9 Å². The topological polar surface area (TPSA) is 103 Å². The Kier molecular flexibility index (Phi) is 7.91. The maximum absolute atomic E-state index is 12.5. The fraction of sp³-hybridized carbons (Fsp3) is 0.526. The highest BCUT2D eigenvalue weighted by molar-refractivity contribution is 5.92. The molecule has 8 heteroatoms. The number of rotatable bonds is 6. The Labute approximate surface area is 160 Å². The van der Waals surface area contributed by atoms with Gasteiger partial charge in [-0.1, -0.05) is 6.92 Å². The lowest BCUT2D eigenvalue weighted by atomic mass is 9.97. The zero-order valence-corrected chi connectivity index (χ0v) is 16.0. The molecule has 148 valence electrons. The average molecular weight is 375 g/mol. The van der Waals surface area contributed by atoms with Crippen molar-refractivity contribution >= 4 is 29.3 Å². The minimum atomic E-state index is -0.252. The van der Waals surface area contributed by atoms with Crippen LogP contribution in [-0.2, 0) is 4.79 Å². The summed E-state index contributed by atoms with van der Waals surface area (Å²) in [6.45, 7) is 6.15. The van der Waals surface area contributed by atoms with E-state index in [2.05, 4.69) is 21.3 Å². The van der Waals surface area contributed by atoms with E-state index < -0.39 is 0 Å². The van der Waals surface area contributed by atoms with Crippen molar-refractivity contribution in [2.45, 2.75) is 33.1 Å².